The Balaban J connectivity index is 2.28. The predicted octanol–water partition coefficient (Wildman–Crippen LogP) is 1.07. The number of pyridine rings is 1. The summed E-state index contributed by atoms with van der Waals surface area (Å²) in [6.07, 6.45) is 1.86. The normalized spacial score (nSPS) is 10.4. The number of aromatic nitrogens is 1. The van der Waals surface area contributed by atoms with E-state index in [0.29, 0.717) is 17.0 Å². The van der Waals surface area contributed by atoms with Crippen molar-refractivity contribution in [1.29, 1.82) is 0 Å². The molecule has 1 aromatic carbocycles. The molecule has 5 nitrogen and oxygen atoms in total. The molecule has 0 saturated carbocycles. The number of fused-ring (bicyclic) bond motifs is 1. The summed E-state index contributed by atoms with van der Waals surface area (Å²) in [6.45, 7) is 0.253. The first-order valence-electron chi connectivity index (χ1n) is 5.23. The number of rotatable bonds is 4. The van der Waals surface area contributed by atoms with Crippen LogP contribution in [0.2, 0.25) is 0 Å². The second-order valence-corrected chi connectivity index (χ2v) is 3.62. The van der Waals surface area contributed by atoms with Crippen LogP contribution >= 0.6 is 0 Å². The van der Waals surface area contributed by atoms with Gasteiger partial charge in [-0.15, -0.1) is 0 Å². The van der Waals surface area contributed by atoms with Crippen LogP contribution in [-0.4, -0.2) is 17.5 Å². The summed E-state index contributed by atoms with van der Waals surface area (Å²) >= 11 is 0. The first kappa shape index (κ1) is 11.2. The summed E-state index contributed by atoms with van der Waals surface area (Å²) in [5.41, 5.74) is 12.1. The molecule has 1 amide bonds. The average Bonchev–Trinajstić information content (AvgIpc) is 2.32. The van der Waals surface area contributed by atoms with Gasteiger partial charge in [0.25, 0.3) is 0 Å². The van der Waals surface area contributed by atoms with E-state index in [2.05, 4.69) is 4.98 Å². The molecule has 5 heteroatoms. The number of carbonyl (C=O) groups excluding carboxylic acids is 1. The minimum absolute atomic E-state index is 0.187. The molecule has 0 atom stereocenters. The number of anilines is 1. The molecule has 2 rings (SSSR count). The molecular weight excluding hydrogens is 218 g/mol. The van der Waals surface area contributed by atoms with Gasteiger partial charge in [-0.2, -0.15) is 0 Å². The molecule has 0 radical (unpaired) electrons. The van der Waals surface area contributed by atoms with E-state index in [1.165, 1.54) is 0 Å². The van der Waals surface area contributed by atoms with Gasteiger partial charge in [0, 0.05) is 11.6 Å². The smallest absolute Gasteiger partial charge is 0.220 e. The number of nitrogens with two attached hydrogens (primary N) is 2. The van der Waals surface area contributed by atoms with Gasteiger partial charge in [-0.05, 0) is 24.3 Å². The maximum Gasteiger partial charge on any atom is 0.220 e. The number of ether oxygens (including phenoxy) is 1. The van der Waals surface area contributed by atoms with Crippen molar-refractivity contribution >= 4 is 22.5 Å². The van der Waals surface area contributed by atoms with E-state index in [-0.39, 0.29) is 18.9 Å². The molecule has 2 aromatic rings. The van der Waals surface area contributed by atoms with Gasteiger partial charge in [0.15, 0.2) is 0 Å². The van der Waals surface area contributed by atoms with Gasteiger partial charge in [-0.25, -0.2) is 0 Å². The van der Waals surface area contributed by atoms with Crippen molar-refractivity contribution in [3.05, 3.63) is 30.5 Å². The number of nitrogens with zero attached hydrogens (tertiary/aromatic N) is 1. The molecule has 1 heterocycles. The lowest BCUT2D eigenvalue weighted by Crippen LogP contribution is -2.14. The molecule has 0 aliphatic heterocycles. The molecule has 0 fully saturated rings. The number of benzene rings is 1. The zero-order valence-electron chi connectivity index (χ0n) is 9.22. The summed E-state index contributed by atoms with van der Waals surface area (Å²) < 4.78 is 5.49. The fourth-order valence-corrected chi connectivity index (χ4v) is 1.56. The molecule has 0 bridgehead atoms. The number of amides is 1. The van der Waals surface area contributed by atoms with E-state index in [1.807, 2.05) is 12.1 Å². The zero-order valence-corrected chi connectivity index (χ0v) is 9.22. The molecule has 1 aromatic heterocycles. The average molecular weight is 231 g/mol. The largest absolute Gasteiger partial charge is 0.492 e. The lowest BCUT2D eigenvalue weighted by atomic mass is 10.2. The SMILES string of the molecule is NC(=O)CCOc1ccc(N)c2ncccc12. The third-order valence-electron chi connectivity index (χ3n) is 2.37. The number of carbonyl (C=O) groups is 1. The Morgan fingerprint density at radius 2 is 2.18 bits per heavy atom. The first-order valence-corrected chi connectivity index (χ1v) is 5.23. The molecule has 0 aliphatic carbocycles. The maximum absolute atomic E-state index is 10.6. The Hall–Kier alpha value is -2.30. The number of hydrogen-bond acceptors (Lipinski definition) is 4. The van der Waals surface area contributed by atoms with Gasteiger partial charge < -0.3 is 16.2 Å². The Labute approximate surface area is 98.4 Å². The summed E-state index contributed by atoms with van der Waals surface area (Å²) in [5.74, 6) is 0.270. The van der Waals surface area contributed by atoms with Crippen LogP contribution in [0.4, 0.5) is 5.69 Å². The van der Waals surface area contributed by atoms with E-state index < -0.39 is 0 Å². The van der Waals surface area contributed by atoms with Crippen LogP contribution < -0.4 is 16.2 Å². The van der Waals surface area contributed by atoms with Gasteiger partial charge in [-0.1, -0.05) is 0 Å². The summed E-state index contributed by atoms with van der Waals surface area (Å²) in [6, 6.07) is 7.18. The fourth-order valence-electron chi connectivity index (χ4n) is 1.56. The second kappa shape index (κ2) is 4.69. The molecule has 0 spiro atoms. The van der Waals surface area contributed by atoms with Crippen LogP contribution in [-0.2, 0) is 4.79 Å². The number of primary amides is 1. The highest BCUT2D eigenvalue weighted by Crippen LogP contribution is 2.28. The highest BCUT2D eigenvalue weighted by Gasteiger charge is 2.06. The molecule has 4 N–H and O–H groups in total. The fraction of sp³-hybridized carbons (Fsp3) is 0.167. The third-order valence-corrected chi connectivity index (χ3v) is 2.37. The van der Waals surface area contributed by atoms with E-state index >= 15 is 0 Å². The van der Waals surface area contributed by atoms with Crippen LogP contribution in [0.5, 0.6) is 5.75 Å². The van der Waals surface area contributed by atoms with Gasteiger partial charge in [-0.3, -0.25) is 9.78 Å². The van der Waals surface area contributed by atoms with Crippen LogP contribution in [0.3, 0.4) is 0 Å². The Morgan fingerprint density at radius 3 is 2.94 bits per heavy atom. The van der Waals surface area contributed by atoms with Crippen LogP contribution in [0.1, 0.15) is 6.42 Å². The maximum atomic E-state index is 10.6. The minimum Gasteiger partial charge on any atom is -0.492 e. The highest BCUT2D eigenvalue weighted by atomic mass is 16.5. The minimum atomic E-state index is -0.386. The quantitative estimate of drug-likeness (QED) is 0.770. The van der Waals surface area contributed by atoms with Crippen LogP contribution in [0.15, 0.2) is 30.5 Å². The molecule has 88 valence electrons. The zero-order chi connectivity index (χ0) is 12.3. The Morgan fingerprint density at radius 1 is 1.35 bits per heavy atom. The lowest BCUT2D eigenvalue weighted by molar-refractivity contribution is -0.118. The lowest BCUT2D eigenvalue weighted by Gasteiger charge is -2.09. The molecular formula is C12H13N3O2. The standard InChI is InChI=1S/C12H13N3O2/c13-9-3-4-10(17-7-5-11(14)16)8-2-1-6-15-12(8)9/h1-4,6H,5,7,13H2,(H2,14,16). The van der Waals surface area contributed by atoms with Crippen molar-refractivity contribution < 1.29 is 9.53 Å². The predicted molar refractivity (Wildman–Crippen MR) is 65.5 cm³/mol. The van der Waals surface area contributed by atoms with E-state index in [1.54, 1.807) is 18.3 Å². The number of nitrogen functional groups attached to an aromatic ring is 1. The molecule has 17 heavy (non-hydrogen) atoms. The van der Waals surface area contributed by atoms with Gasteiger partial charge in [0.05, 0.1) is 24.2 Å². The Kier molecular flexibility index (Phi) is 3.09. The van der Waals surface area contributed by atoms with E-state index in [9.17, 15) is 4.79 Å². The van der Waals surface area contributed by atoms with Crippen molar-refractivity contribution in [3.63, 3.8) is 0 Å². The van der Waals surface area contributed by atoms with Crippen molar-refractivity contribution in [1.82, 2.24) is 4.98 Å². The summed E-state index contributed by atoms with van der Waals surface area (Å²) in [5, 5.41) is 0.831. The van der Waals surface area contributed by atoms with Gasteiger partial charge in [0.1, 0.15) is 5.75 Å². The van der Waals surface area contributed by atoms with Gasteiger partial charge in [0.2, 0.25) is 5.91 Å². The summed E-state index contributed by atoms with van der Waals surface area (Å²) in [4.78, 5) is 14.8. The highest BCUT2D eigenvalue weighted by molar-refractivity contribution is 5.93. The van der Waals surface area contributed by atoms with Crippen molar-refractivity contribution in [3.8, 4) is 5.75 Å². The van der Waals surface area contributed by atoms with Crippen molar-refractivity contribution in [2.24, 2.45) is 5.73 Å². The molecule has 0 unspecified atom stereocenters. The summed E-state index contributed by atoms with van der Waals surface area (Å²) in [7, 11) is 0. The van der Waals surface area contributed by atoms with Gasteiger partial charge >= 0.3 is 0 Å². The van der Waals surface area contributed by atoms with E-state index in [0.717, 1.165) is 5.39 Å². The van der Waals surface area contributed by atoms with Crippen molar-refractivity contribution in [2.45, 2.75) is 6.42 Å². The topological polar surface area (TPSA) is 91.2 Å². The molecule has 0 aliphatic rings. The Bertz CT molecular complexity index is 554. The van der Waals surface area contributed by atoms with Crippen LogP contribution in [0.25, 0.3) is 10.9 Å². The number of hydrogen-bond donors (Lipinski definition) is 2. The van der Waals surface area contributed by atoms with E-state index in [4.69, 9.17) is 16.2 Å². The van der Waals surface area contributed by atoms with Crippen LogP contribution in [0, 0.1) is 0 Å². The van der Waals surface area contributed by atoms with Crippen molar-refractivity contribution in [2.75, 3.05) is 12.3 Å². The monoisotopic (exact) mass is 231 g/mol. The molecule has 0 saturated heterocycles. The third kappa shape index (κ3) is 2.44. The first-order chi connectivity index (χ1) is 8.18. The second-order valence-electron chi connectivity index (χ2n) is 3.62.